The summed E-state index contributed by atoms with van der Waals surface area (Å²) < 4.78 is 21.9. The summed E-state index contributed by atoms with van der Waals surface area (Å²) >= 11 is 0. The quantitative estimate of drug-likeness (QED) is 0.374. The van der Waals surface area contributed by atoms with Crippen LogP contribution in [0, 0.1) is 0 Å². The molecule has 1 rings (SSSR count). The van der Waals surface area contributed by atoms with E-state index >= 15 is 0 Å². The van der Waals surface area contributed by atoms with Crippen LogP contribution in [0.3, 0.4) is 0 Å². The molecule has 9 nitrogen and oxygen atoms in total. The van der Waals surface area contributed by atoms with E-state index in [0.717, 1.165) is 39.3 Å². The van der Waals surface area contributed by atoms with Gasteiger partial charge in [0.2, 0.25) is 0 Å². The summed E-state index contributed by atoms with van der Waals surface area (Å²) in [6, 6.07) is 0. The molecule has 0 aromatic heterocycles. The smallest absolute Gasteiger partial charge is 0.129 e. The van der Waals surface area contributed by atoms with Crippen LogP contribution in [0.15, 0.2) is 0 Å². The zero-order valence-corrected chi connectivity index (χ0v) is 20.9. The Balaban J connectivity index is 2.96. The third-order valence-electron chi connectivity index (χ3n) is 7.13. The molecule has 4 unspecified atom stereocenters. The molecule has 9 heteroatoms. The highest BCUT2D eigenvalue weighted by atomic mass is 16.5. The molecule has 0 spiro atoms. The molecule has 0 radical (unpaired) electrons. The zero-order chi connectivity index (χ0) is 23.7. The van der Waals surface area contributed by atoms with E-state index in [1.54, 1.807) is 28.4 Å². The lowest BCUT2D eigenvalue weighted by molar-refractivity contribution is -0.169. The fraction of sp³-hybridized carbons (Fsp3) is 1.00. The summed E-state index contributed by atoms with van der Waals surface area (Å²) in [6.07, 6.45) is -1.52. The van der Waals surface area contributed by atoms with Gasteiger partial charge in [-0.05, 0) is 27.7 Å². The van der Waals surface area contributed by atoms with Gasteiger partial charge in [0.1, 0.15) is 11.2 Å². The monoisotopic (exact) mass is 449 g/mol. The van der Waals surface area contributed by atoms with Gasteiger partial charge in [0.15, 0.2) is 0 Å². The van der Waals surface area contributed by atoms with Gasteiger partial charge in [0, 0.05) is 80.8 Å². The number of aliphatic hydroxyl groups is 2. The number of nitrogens with zero attached hydrogens (tertiary/aromatic N) is 2. The van der Waals surface area contributed by atoms with E-state index in [4.69, 9.17) is 18.9 Å². The maximum atomic E-state index is 11.4. The first kappa shape index (κ1) is 28.7. The van der Waals surface area contributed by atoms with Crippen LogP contribution in [-0.4, -0.2) is 136 Å². The Morgan fingerprint density at radius 3 is 1.19 bits per heavy atom. The molecule has 1 saturated heterocycles. The lowest BCUT2D eigenvalue weighted by Crippen LogP contribution is -2.60. The minimum Gasteiger partial charge on any atom is -0.383 e. The van der Waals surface area contributed by atoms with Crippen molar-refractivity contribution in [1.29, 1.82) is 0 Å². The molecule has 0 aliphatic carbocycles. The number of rotatable bonds is 12. The van der Waals surface area contributed by atoms with Crippen molar-refractivity contribution in [3.05, 3.63) is 0 Å². The minimum atomic E-state index is -1.14. The van der Waals surface area contributed by atoms with Gasteiger partial charge in [-0.15, -0.1) is 0 Å². The van der Waals surface area contributed by atoms with E-state index in [-0.39, 0.29) is 24.4 Å². The lowest BCUT2D eigenvalue weighted by Gasteiger charge is -2.42. The molecule has 0 saturated carbocycles. The molecule has 1 fully saturated rings. The van der Waals surface area contributed by atoms with Crippen molar-refractivity contribution in [3.63, 3.8) is 0 Å². The third kappa shape index (κ3) is 7.58. The molecule has 0 aromatic carbocycles. The molecular formula is C22H47N3O6. The fourth-order valence-corrected chi connectivity index (χ4v) is 4.13. The molecule has 1 aliphatic heterocycles. The first-order chi connectivity index (χ1) is 14.6. The molecule has 1 heterocycles. The maximum Gasteiger partial charge on any atom is 0.129 e. The normalized spacial score (nSPS) is 25.4. The van der Waals surface area contributed by atoms with Crippen molar-refractivity contribution in [3.8, 4) is 0 Å². The van der Waals surface area contributed by atoms with E-state index in [1.165, 1.54) is 0 Å². The van der Waals surface area contributed by atoms with Gasteiger partial charge in [-0.2, -0.15) is 0 Å². The summed E-state index contributed by atoms with van der Waals surface area (Å²) in [5.74, 6) is 0. The predicted octanol–water partition coefficient (Wildman–Crippen LogP) is -0.205. The average molecular weight is 450 g/mol. The average Bonchev–Trinajstić information content (AvgIpc) is 2.88. The van der Waals surface area contributed by atoms with E-state index in [1.807, 2.05) is 27.7 Å². The number of β-amino-alcohol motifs (C(OH)–C–C–N with tert-alkyl or cyclic N) is 2. The van der Waals surface area contributed by atoms with Crippen molar-refractivity contribution in [1.82, 2.24) is 15.1 Å². The Hall–Kier alpha value is -0.360. The van der Waals surface area contributed by atoms with Crippen molar-refractivity contribution in [2.75, 3.05) is 80.8 Å². The molecular weight excluding hydrogens is 402 g/mol. The van der Waals surface area contributed by atoms with Crippen LogP contribution in [0.2, 0.25) is 0 Å². The van der Waals surface area contributed by atoms with Gasteiger partial charge in [-0.3, -0.25) is 9.80 Å². The minimum absolute atomic E-state index is 0.380. The second kappa shape index (κ2) is 13.4. The van der Waals surface area contributed by atoms with Gasteiger partial charge in [-0.1, -0.05) is 0 Å². The number of methoxy groups -OCH3 is 4. The summed E-state index contributed by atoms with van der Waals surface area (Å²) in [4.78, 5) is 4.46. The van der Waals surface area contributed by atoms with Crippen LogP contribution in [-0.2, 0) is 18.9 Å². The van der Waals surface area contributed by atoms with Gasteiger partial charge in [-0.25, -0.2) is 0 Å². The van der Waals surface area contributed by atoms with Crippen LogP contribution in [0.4, 0.5) is 0 Å². The van der Waals surface area contributed by atoms with Crippen LogP contribution in [0.1, 0.15) is 27.7 Å². The van der Waals surface area contributed by atoms with E-state index in [9.17, 15) is 10.2 Å². The Bertz CT molecular complexity index is 436. The van der Waals surface area contributed by atoms with Gasteiger partial charge >= 0.3 is 0 Å². The Kier molecular flexibility index (Phi) is 12.4. The van der Waals surface area contributed by atoms with E-state index in [0.29, 0.717) is 13.1 Å². The number of nitrogens with one attached hydrogen (secondary N) is 1. The maximum absolute atomic E-state index is 11.4. The lowest BCUT2D eigenvalue weighted by atomic mass is 9.90. The second-order valence-corrected chi connectivity index (χ2v) is 8.80. The second-order valence-electron chi connectivity index (χ2n) is 8.80. The van der Waals surface area contributed by atoms with Crippen LogP contribution >= 0.6 is 0 Å². The first-order valence-electron chi connectivity index (χ1n) is 11.3. The van der Waals surface area contributed by atoms with Crippen molar-refractivity contribution in [2.24, 2.45) is 0 Å². The van der Waals surface area contributed by atoms with Gasteiger partial charge in [0.05, 0.1) is 24.4 Å². The molecule has 0 amide bonds. The molecule has 31 heavy (non-hydrogen) atoms. The summed E-state index contributed by atoms with van der Waals surface area (Å²) in [7, 11) is 6.42. The van der Waals surface area contributed by atoms with Crippen LogP contribution in [0.25, 0.3) is 0 Å². The van der Waals surface area contributed by atoms with Crippen molar-refractivity contribution < 1.29 is 29.2 Å². The van der Waals surface area contributed by atoms with E-state index < -0.39 is 11.2 Å². The SMILES string of the molecule is COC(C)C(O)(CN1CCNCCN(CC(O)(C(C)OC)C(C)OC)CC1)C(C)OC. The van der Waals surface area contributed by atoms with Gasteiger partial charge < -0.3 is 34.5 Å². The number of hydrogen-bond acceptors (Lipinski definition) is 9. The van der Waals surface area contributed by atoms with Crippen molar-refractivity contribution >= 4 is 0 Å². The number of ether oxygens (including phenoxy) is 4. The summed E-state index contributed by atoms with van der Waals surface area (Å²) in [5.41, 5.74) is -2.28. The first-order valence-corrected chi connectivity index (χ1v) is 11.3. The predicted molar refractivity (Wildman–Crippen MR) is 122 cm³/mol. The molecule has 4 atom stereocenters. The fourth-order valence-electron chi connectivity index (χ4n) is 4.13. The Morgan fingerprint density at radius 2 is 0.935 bits per heavy atom. The molecule has 0 aromatic rings. The number of hydrogen-bond donors (Lipinski definition) is 3. The highest BCUT2D eigenvalue weighted by Gasteiger charge is 2.43. The Labute approximate surface area is 189 Å². The van der Waals surface area contributed by atoms with Crippen molar-refractivity contribution in [2.45, 2.75) is 63.3 Å². The highest BCUT2D eigenvalue weighted by Crippen LogP contribution is 2.24. The van der Waals surface area contributed by atoms with E-state index in [2.05, 4.69) is 15.1 Å². The topological polar surface area (TPSA) is 95.9 Å². The molecule has 3 N–H and O–H groups in total. The molecule has 0 bridgehead atoms. The molecule has 1 aliphatic rings. The van der Waals surface area contributed by atoms with Crippen LogP contribution in [0.5, 0.6) is 0 Å². The Morgan fingerprint density at radius 1 is 0.645 bits per heavy atom. The third-order valence-corrected chi connectivity index (χ3v) is 7.13. The van der Waals surface area contributed by atoms with Crippen LogP contribution < -0.4 is 5.32 Å². The zero-order valence-electron chi connectivity index (χ0n) is 20.9. The highest BCUT2D eigenvalue weighted by molar-refractivity contribution is 4.96. The van der Waals surface area contributed by atoms with Gasteiger partial charge in [0.25, 0.3) is 0 Å². The molecule has 186 valence electrons. The standard InChI is InChI=1S/C22H47N3O6/c1-17(28-5)21(26,18(2)29-6)15-24-11-9-23-10-12-25(14-13-24)16-22(27,19(3)30-7)20(4)31-8/h17-20,23,26-27H,9-16H2,1-8H3. The summed E-state index contributed by atoms with van der Waals surface area (Å²) in [6.45, 7) is 13.1. The largest absolute Gasteiger partial charge is 0.383 e. The summed E-state index contributed by atoms with van der Waals surface area (Å²) in [5, 5.41) is 26.3.